The average molecular weight is 397 g/mol. The van der Waals surface area contributed by atoms with Gasteiger partial charge in [-0.05, 0) is 26.7 Å². The van der Waals surface area contributed by atoms with Gasteiger partial charge >= 0.3 is 0 Å². The molecule has 0 aromatic heterocycles. The van der Waals surface area contributed by atoms with E-state index in [0.717, 1.165) is 25.7 Å². The minimum atomic E-state index is 0.341. The molecule has 0 fully saturated rings. The van der Waals surface area contributed by atoms with Crippen molar-refractivity contribution >= 4 is 11.6 Å². The Morgan fingerprint density at radius 3 is 0.821 bits per heavy atom. The summed E-state index contributed by atoms with van der Waals surface area (Å²) in [7, 11) is 0. The molecule has 0 heterocycles. The number of unbranched alkanes of at least 4 members (excludes halogenated alkanes) is 16. The Labute approximate surface area is 177 Å². The zero-order valence-electron chi connectivity index (χ0n) is 20.0. The summed E-state index contributed by atoms with van der Waals surface area (Å²) < 4.78 is 0. The van der Waals surface area contributed by atoms with Crippen LogP contribution < -0.4 is 0 Å². The number of hydrogen-bond acceptors (Lipinski definition) is 2. The molecule has 0 aliphatic carbocycles. The minimum Gasteiger partial charge on any atom is -0.300 e. The van der Waals surface area contributed by atoms with Gasteiger partial charge in [0.25, 0.3) is 0 Å². The molecule has 0 radical (unpaired) electrons. The zero-order valence-corrected chi connectivity index (χ0v) is 20.0. The molecule has 0 aliphatic rings. The van der Waals surface area contributed by atoms with Crippen LogP contribution in [0.1, 0.15) is 156 Å². The van der Waals surface area contributed by atoms with Gasteiger partial charge in [-0.25, -0.2) is 0 Å². The first-order valence-corrected chi connectivity index (χ1v) is 12.5. The molecule has 0 aromatic carbocycles. The standard InChI is InChI=1S/2C13H26O/c2*1-3-4-5-6-7-8-9-10-11-12-13(2)14/h2*3-12H2,1-2H3. The Hall–Kier alpha value is -0.660. The van der Waals surface area contributed by atoms with Crippen LogP contribution in [0, 0.1) is 0 Å². The maximum absolute atomic E-state index is 10.7. The normalized spacial score (nSPS) is 10.4. The molecule has 28 heavy (non-hydrogen) atoms. The molecule has 0 amide bonds. The smallest absolute Gasteiger partial charge is 0.129 e. The number of Topliss-reactive ketones (excluding diaryl/α,β-unsaturated/α-hetero) is 2. The van der Waals surface area contributed by atoms with Crippen molar-refractivity contribution in [1.82, 2.24) is 0 Å². The van der Waals surface area contributed by atoms with Crippen molar-refractivity contribution in [3.05, 3.63) is 0 Å². The molecule has 0 bridgehead atoms. The predicted molar refractivity (Wildman–Crippen MR) is 125 cm³/mol. The molecule has 0 atom stereocenters. The third-order valence-corrected chi connectivity index (χ3v) is 5.26. The SMILES string of the molecule is CCCCCCCCCCCC(C)=O.CCCCCCCCCCCC(C)=O. The summed E-state index contributed by atoms with van der Waals surface area (Å²) in [5.74, 6) is 0.681. The van der Waals surface area contributed by atoms with Crippen LogP contribution in [0.15, 0.2) is 0 Å². The van der Waals surface area contributed by atoms with Crippen LogP contribution in [-0.2, 0) is 9.59 Å². The van der Waals surface area contributed by atoms with Gasteiger partial charge in [-0.3, -0.25) is 0 Å². The molecule has 168 valence electrons. The summed E-state index contributed by atoms with van der Waals surface area (Å²) in [6.07, 6.45) is 25.5. The van der Waals surface area contributed by atoms with Crippen LogP contribution in [0.3, 0.4) is 0 Å². The number of rotatable bonds is 20. The van der Waals surface area contributed by atoms with Gasteiger partial charge in [0.15, 0.2) is 0 Å². The Morgan fingerprint density at radius 1 is 0.393 bits per heavy atom. The first-order chi connectivity index (χ1) is 13.5. The van der Waals surface area contributed by atoms with Crippen LogP contribution in [0.25, 0.3) is 0 Å². The van der Waals surface area contributed by atoms with E-state index in [0.29, 0.717) is 11.6 Å². The Morgan fingerprint density at radius 2 is 0.607 bits per heavy atom. The van der Waals surface area contributed by atoms with Gasteiger partial charge in [0.2, 0.25) is 0 Å². The lowest BCUT2D eigenvalue weighted by molar-refractivity contribution is -0.117. The second kappa shape index (κ2) is 26.3. The lowest BCUT2D eigenvalue weighted by atomic mass is 10.1. The number of carbonyl (C=O) groups excluding carboxylic acids is 2. The third-order valence-electron chi connectivity index (χ3n) is 5.26. The van der Waals surface area contributed by atoms with Crippen molar-refractivity contribution in [3.8, 4) is 0 Å². The second-order valence-corrected chi connectivity index (χ2v) is 8.56. The van der Waals surface area contributed by atoms with E-state index in [1.807, 2.05) is 0 Å². The van der Waals surface area contributed by atoms with Crippen LogP contribution in [0.4, 0.5) is 0 Å². The quantitative estimate of drug-likeness (QED) is 0.192. The van der Waals surface area contributed by atoms with Crippen LogP contribution in [-0.4, -0.2) is 11.6 Å². The van der Waals surface area contributed by atoms with E-state index in [1.54, 1.807) is 13.8 Å². The molecular weight excluding hydrogens is 344 g/mol. The fourth-order valence-corrected chi connectivity index (χ4v) is 3.37. The zero-order chi connectivity index (χ0) is 21.3. The van der Waals surface area contributed by atoms with E-state index in [4.69, 9.17) is 0 Å². The Balaban J connectivity index is 0. The van der Waals surface area contributed by atoms with E-state index in [-0.39, 0.29) is 0 Å². The monoisotopic (exact) mass is 396 g/mol. The highest BCUT2D eigenvalue weighted by Gasteiger charge is 1.95. The maximum atomic E-state index is 10.7. The van der Waals surface area contributed by atoms with Crippen molar-refractivity contribution in [1.29, 1.82) is 0 Å². The van der Waals surface area contributed by atoms with Gasteiger partial charge in [-0.15, -0.1) is 0 Å². The average Bonchev–Trinajstić information content (AvgIpc) is 2.65. The van der Waals surface area contributed by atoms with E-state index < -0.39 is 0 Å². The van der Waals surface area contributed by atoms with E-state index in [9.17, 15) is 9.59 Å². The molecular formula is C26H52O2. The highest BCUT2D eigenvalue weighted by molar-refractivity contribution is 5.75. The van der Waals surface area contributed by atoms with Gasteiger partial charge in [-0.1, -0.05) is 117 Å². The van der Waals surface area contributed by atoms with Crippen molar-refractivity contribution in [2.75, 3.05) is 0 Å². The highest BCUT2D eigenvalue weighted by Crippen LogP contribution is 2.11. The topological polar surface area (TPSA) is 34.1 Å². The molecule has 0 unspecified atom stereocenters. The summed E-state index contributed by atoms with van der Waals surface area (Å²) >= 11 is 0. The van der Waals surface area contributed by atoms with Crippen molar-refractivity contribution in [2.45, 2.75) is 156 Å². The number of carbonyl (C=O) groups is 2. The summed E-state index contributed by atoms with van der Waals surface area (Å²) in [6.45, 7) is 7.87. The maximum Gasteiger partial charge on any atom is 0.129 e. The summed E-state index contributed by atoms with van der Waals surface area (Å²) in [5, 5.41) is 0. The molecule has 0 saturated carbocycles. The molecule has 0 N–H and O–H groups in total. The van der Waals surface area contributed by atoms with Gasteiger partial charge in [-0.2, -0.15) is 0 Å². The van der Waals surface area contributed by atoms with Crippen LogP contribution in [0.5, 0.6) is 0 Å². The molecule has 0 spiro atoms. The van der Waals surface area contributed by atoms with Crippen LogP contribution in [0.2, 0.25) is 0 Å². The summed E-state index contributed by atoms with van der Waals surface area (Å²) in [4.78, 5) is 21.3. The molecule has 0 saturated heterocycles. The Bertz CT molecular complexity index is 290. The van der Waals surface area contributed by atoms with Gasteiger partial charge in [0, 0.05) is 12.8 Å². The highest BCUT2D eigenvalue weighted by atomic mass is 16.1. The van der Waals surface area contributed by atoms with E-state index in [1.165, 1.54) is 103 Å². The van der Waals surface area contributed by atoms with Gasteiger partial charge in [0.05, 0.1) is 0 Å². The number of hydrogen-bond donors (Lipinski definition) is 0. The van der Waals surface area contributed by atoms with Crippen LogP contribution >= 0.6 is 0 Å². The lowest BCUT2D eigenvalue weighted by Crippen LogP contribution is -1.89. The molecule has 2 nitrogen and oxygen atoms in total. The van der Waals surface area contributed by atoms with Crippen molar-refractivity contribution in [2.24, 2.45) is 0 Å². The minimum absolute atomic E-state index is 0.341. The molecule has 0 aliphatic heterocycles. The Kier molecular flexibility index (Phi) is 27.8. The molecule has 0 aromatic rings. The van der Waals surface area contributed by atoms with E-state index in [2.05, 4.69) is 13.8 Å². The number of ketones is 2. The second-order valence-electron chi connectivity index (χ2n) is 8.56. The lowest BCUT2D eigenvalue weighted by Gasteiger charge is -2.00. The van der Waals surface area contributed by atoms with Gasteiger partial charge in [0.1, 0.15) is 11.6 Å². The fraction of sp³-hybridized carbons (Fsp3) is 0.923. The fourth-order valence-electron chi connectivity index (χ4n) is 3.37. The summed E-state index contributed by atoms with van der Waals surface area (Å²) in [5.41, 5.74) is 0. The van der Waals surface area contributed by atoms with E-state index >= 15 is 0 Å². The first kappa shape index (κ1) is 29.5. The summed E-state index contributed by atoms with van der Waals surface area (Å²) in [6, 6.07) is 0. The molecule has 2 heteroatoms. The first-order valence-electron chi connectivity index (χ1n) is 12.5. The molecule has 0 rings (SSSR count). The van der Waals surface area contributed by atoms with Crippen molar-refractivity contribution in [3.63, 3.8) is 0 Å². The van der Waals surface area contributed by atoms with Gasteiger partial charge < -0.3 is 9.59 Å². The third kappa shape index (κ3) is 33.0. The van der Waals surface area contributed by atoms with Crippen molar-refractivity contribution < 1.29 is 9.59 Å². The predicted octanol–water partition coefficient (Wildman–Crippen LogP) is 8.99. The largest absolute Gasteiger partial charge is 0.300 e.